The van der Waals surface area contributed by atoms with Crippen LogP contribution in [0.3, 0.4) is 0 Å². The number of rotatable bonds is 13. The van der Waals surface area contributed by atoms with Gasteiger partial charge in [-0.15, -0.1) is 11.6 Å². The maximum atomic E-state index is 14.6. The highest BCUT2D eigenvalue weighted by atomic mass is 35.5. The lowest BCUT2D eigenvalue weighted by Gasteiger charge is -2.29. The molecule has 234 valence electrons. The Kier molecular flexibility index (Phi) is 9.07. The number of carbonyl (C=O) groups is 1. The Labute approximate surface area is 249 Å². The zero-order chi connectivity index (χ0) is 30.9. The van der Waals surface area contributed by atoms with Gasteiger partial charge in [0.1, 0.15) is 24.0 Å². The van der Waals surface area contributed by atoms with Crippen molar-refractivity contribution in [2.24, 2.45) is 0 Å². The van der Waals surface area contributed by atoms with Crippen LogP contribution in [0.2, 0.25) is 0 Å². The lowest BCUT2D eigenvalue weighted by molar-refractivity contribution is -0.144. The Morgan fingerprint density at radius 2 is 2.05 bits per heavy atom. The number of para-hydroxylation sites is 1. The minimum absolute atomic E-state index is 0.0445. The lowest BCUT2D eigenvalue weighted by Crippen LogP contribution is -2.48. The van der Waals surface area contributed by atoms with Gasteiger partial charge in [-0.1, -0.05) is 18.2 Å². The summed E-state index contributed by atoms with van der Waals surface area (Å²) in [6.45, 7) is 2.32. The number of fused-ring (bicyclic) bond motifs is 1. The van der Waals surface area contributed by atoms with Crippen LogP contribution in [0.4, 0.5) is 20.5 Å². The third-order valence-electron chi connectivity index (χ3n) is 6.80. The van der Waals surface area contributed by atoms with Crippen molar-refractivity contribution in [1.82, 2.24) is 24.6 Å². The predicted octanol–water partition coefficient (Wildman–Crippen LogP) is 3.23. The zero-order valence-corrected chi connectivity index (χ0v) is 24.8. The number of aliphatic hydroxyl groups excluding tert-OH is 1. The second kappa shape index (κ2) is 12.5. The fourth-order valence-corrected chi connectivity index (χ4v) is 6.29. The number of ether oxygens (including phenoxy) is 2. The molecule has 6 atom stereocenters. The number of esters is 1. The molecule has 18 heteroatoms. The van der Waals surface area contributed by atoms with Crippen molar-refractivity contribution in [3.05, 3.63) is 36.7 Å². The fraction of sp³-hybridized carbons (Fsp3) is 0.520. The highest BCUT2D eigenvalue weighted by molar-refractivity contribution is 7.52. The van der Waals surface area contributed by atoms with Gasteiger partial charge in [0.15, 0.2) is 28.1 Å². The third-order valence-corrected chi connectivity index (χ3v) is 9.02. The summed E-state index contributed by atoms with van der Waals surface area (Å²) >= 11 is 6.43. The molecule has 5 rings (SSSR count). The monoisotopic (exact) mass is 645 g/mol. The molecule has 5 N–H and O–H groups in total. The molecule has 0 spiro atoms. The number of benzene rings is 1. The highest BCUT2D eigenvalue weighted by Gasteiger charge is 2.62. The zero-order valence-electron chi connectivity index (χ0n) is 23.1. The third kappa shape index (κ3) is 6.54. The van der Waals surface area contributed by atoms with Crippen molar-refractivity contribution in [3.63, 3.8) is 0 Å². The van der Waals surface area contributed by atoms with E-state index < -0.39 is 56.1 Å². The molecule has 2 fully saturated rings. The van der Waals surface area contributed by atoms with Crippen molar-refractivity contribution >= 4 is 48.2 Å². The quantitative estimate of drug-likeness (QED) is 0.121. The molecule has 0 unspecified atom stereocenters. The molecule has 1 saturated heterocycles. The van der Waals surface area contributed by atoms with Crippen LogP contribution in [-0.2, 0) is 23.4 Å². The van der Waals surface area contributed by atoms with Crippen LogP contribution in [0.5, 0.6) is 5.75 Å². The first-order valence-corrected chi connectivity index (χ1v) is 15.4. The molecule has 0 radical (unpaired) electrons. The Morgan fingerprint density at radius 1 is 1.33 bits per heavy atom. The summed E-state index contributed by atoms with van der Waals surface area (Å²) in [6.07, 6.45) is -5.57. The Bertz CT molecular complexity index is 1500. The van der Waals surface area contributed by atoms with E-state index in [0.717, 1.165) is 17.4 Å². The Morgan fingerprint density at radius 3 is 2.70 bits per heavy atom. The molecule has 1 aromatic carbocycles. The molecule has 3 heterocycles. The maximum Gasteiger partial charge on any atom is 0.459 e. The average Bonchev–Trinajstić information content (AvgIpc) is 3.62. The summed E-state index contributed by atoms with van der Waals surface area (Å²) in [7, 11) is -4.40. The average molecular weight is 646 g/mol. The minimum atomic E-state index is -4.40. The van der Waals surface area contributed by atoms with E-state index >= 15 is 0 Å². The number of hydrogen-bond donors (Lipinski definition) is 4. The largest absolute Gasteiger partial charge is 0.465 e. The number of halogens is 3. The highest BCUT2D eigenvalue weighted by Crippen LogP contribution is 2.51. The predicted molar refractivity (Wildman–Crippen MR) is 151 cm³/mol. The molecule has 3 aromatic rings. The number of anilines is 2. The molecule has 2 aliphatic rings. The molecule has 0 amide bonds. The SMILES string of the molecule is CCOC(=O)[C@@H](C)N[P@](=O)(OC[C@H]1O[C@@H](n2cnc3c(NC4CC4)nc(N)nc32)[C@@](Cl)(C(F)F)[C@@H]1O)Oc1ccccc1. The van der Waals surface area contributed by atoms with Gasteiger partial charge in [0.05, 0.1) is 19.5 Å². The number of nitrogens with two attached hydrogens (primary N) is 1. The number of hydrogen-bond acceptors (Lipinski definition) is 12. The van der Waals surface area contributed by atoms with Crippen LogP contribution < -0.4 is 20.7 Å². The summed E-state index contributed by atoms with van der Waals surface area (Å²) in [4.78, 5) is 22.1. The molecule has 0 bridgehead atoms. The second-order valence-electron chi connectivity index (χ2n) is 10.1. The number of nitrogens with one attached hydrogen (secondary N) is 2. The summed E-state index contributed by atoms with van der Waals surface area (Å²) in [6, 6.07) is 6.95. The Hall–Kier alpha value is -3.14. The number of nitrogen functional groups attached to an aromatic ring is 1. The number of carbonyl (C=O) groups excluding carboxylic acids is 1. The van der Waals surface area contributed by atoms with Gasteiger partial charge in [0.25, 0.3) is 6.43 Å². The van der Waals surface area contributed by atoms with E-state index in [1.54, 1.807) is 25.1 Å². The maximum absolute atomic E-state index is 14.6. The first kappa shape index (κ1) is 31.3. The van der Waals surface area contributed by atoms with Crippen molar-refractivity contribution in [2.75, 3.05) is 24.3 Å². The van der Waals surface area contributed by atoms with Gasteiger partial charge in [-0.2, -0.15) is 15.1 Å². The molecule has 1 aliphatic carbocycles. The fourth-order valence-electron chi connectivity index (χ4n) is 4.49. The Balaban J connectivity index is 1.41. The molecule has 1 saturated carbocycles. The van der Waals surface area contributed by atoms with E-state index in [2.05, 4.69) is 25.4 Å². The molecule has 2 aromatic heterocycles. The number of imidazole rings is 1. The van der Waals surface area contributed by atoms with Gasteiger partial charge < -0.3 is 30.2 Å². The first-order chi connectivity index (χ1) is 20.4. The summed E-state index contributed by atoms with van der Waals surface area (Å²) in [5.74, 6) is -0.437. The molecule has 14 nitrogen and oxygen atoms in total. The van der Waals surface area contributed by atoms with Crippen LogP contribution in [0.25, 0.3) is 11.2 Å². The van der Waals surface area contributed by atoms with Crippen LogP contribution >= 0.6 is 19.3 Å². The minimum Gasteiger partial charge on any atom is -0.465 e. The topological polar surface area (TPSA) is 185 Å². The standard InChI is InChI=1S/C25H31ClF2N7O7P/c1-3-39-21(37)13(2)34-43(38,42-15-7-5-4-6-8-15)40-11-16-18(36)25(26,22(27)28)23(41-16)35-12-30-17-19(31-14-9-10-14)32-24(29)33-20(17)35/h4-8,12-14,16,18,22-23,36H,3,9-11H2,1-2H3,(H,34,38)(H3,29,31,32,33)/t13-,16-,18-,23-,25+,43+/m1/s1. The number of nitrogens with zero attached hydrogens (tertiary/aromatic N) is 4. The molecular weight excluding hydrogens is 615 g/mol. The summed E-state index contributed by atoms with van der Waals surface area (Å²) < 4.78 is 65.9. The first-order valence-electron chi connectivity index (χ1n) is 13.5. The van der Waals surface area contributed by atoms with E-state index in [1.165, 1.54) is 25.4 Å². The molecular formula is C25H31ClF2N7O7P. The van der Waals surface area contributed by atoms with Crippen LogP contribution in [0.15, 0.2) is 36.7 Å². The van der Waals surface area contributed by atoms with Crippen molar-refractivity contribution in [2.45, 2.75) is 68.5 Å². The number of aliphatic hydroxyl groups is 1. The normalized spacial score (nSPS) is 25.9. The van der Waals surface area contributed by atoms with Crippen molar-refractivity contribution < 1.29 is 41.8 Å². The second-order valence-corrected chi connectivity index (χ2v) is 12.4. The van der Waals surface area contributed by atoms with Crippen molar-refractivity contribution in [3.8, 4) is 5.75 Å². The van der Waals surface area contributed by atoms with E-state index in [4.69, 9.17) is 35.9 Å². The number of alkyl halides is 3. The van der Waals surface area contributed by atoms with Gasteiger partial charge in [-0.3, -0.25) is 13.9 Å². The van der Waals surface area contributed by atoms with Crippen LogP contribution in [0, 0.1) is 0 Å². The lowest BCUT2D eigenvalue weighted by atomic mass is 9.99. The summed E-state index contributed by atoms with van der Waals surface area (Å²) in [5.41, 5.74) is 6.17. The number of aromatic nitrogens is 4. The van der Waals surface area contributed by atoms with Gasteiger partial charge in [0, 0.05) is 6.04 Å². The smallest absolute Gasteiger partial charge is 0.459 e. The molecule has 43 heavy (non-hydrogen) atoms. The summed E-state index contributed by atoms with van der Waals surface area (Å²) in [5, 5.41) is 16.7. The van der Waals surface area contributed by atoms with E-state index in [0.29, 0.717) is 5.82 Å². The van der Waals surface area contributed by atoms with Crippen molar-refractivity contribution in [1.29, 1.82) is 0 Å². The van der Waals surface area contributed by atoms with E-state index in [-0.39, 0.29) is 35.5 Å². The van der Waals surface area contributed by atoms with Gasteiger partial charge in [0.2, 0.25) is 5.95 Å². The van der Waals surface area contributed by atoms with E-state index in [9.17, 15) is 23.2 Å². The van der Waals surface area contributed by atoms with Gasteiger partial charge in [-0.05, 0) is 38.8 Å². The van der Waals surface area contributed by atoms with Crippen LogP contribution in [0.1, 0.15) is 32.9 Å². The van der Waals surface area contributed by atoms with Gasteiger partial charge >= 0.3 is 13.7 Å². The van der Waals surface area contributed by atoms with E-state index in [1.807, 2.05) is 0 Å². The molecule has 1 aliphatic heterocycles. The van der Waals surface area contributed by atoms with Gasteiger partial charge in [-0.25, -0.2) is 18.3 Å². The van der Waals surface area contributed by atoms with Crippen LogP contribution in [-0.4, -0.2) is 79.4 Å².